The number of benzene rings is 2. The highest BCUT2D eigenvalue weighted by molar-refractivity contribution is 6.31. The summed E-state index contributed by atoms with van der Waals surface area (Å²) < 4.78 is 0. The molecule has 0 bridgehead atoms. The first kappa shape index (κ1) is 15.9. The van der Waals surface area contributed by atoms with Gasteiger partial charge in [0.2, 0.25) is 0 Å². The van der Waals surface area contributed by atoms with E-state index in [1.54, 1.807) is 6.07 Å². The molecule has 1 N–H and O–H groups in total. The van der Waals surface area contributed by atoms with E-state index in [1.807, 2.05) is 24.0 Å². The number of aryl methyl sites for hydroxylation is 2. The van der Waals surface area contributed by atoms with Crippen LogP contribution in [0.15, 0.2) is 42.5 Å². The van der Waals surface area contributed by atoms with Crippen LogP contribution in [-0.2, 0) is 0 Å². The van der Waals surface area contributed by atoms with Gasteiger partial charge in [0.05, 0.1) is 6.04 Å². The molecule has 2 aromatic rings. The molecule has 0 spiro atoms. The number of anilines is 1. The number of halogens is 1. The second-order valence-corrected chi connectivity index (χ2v) is 6.57. The van der Waals surface area contributed by atoms with Crippen LogP contribution in [0.3, 0.4) is 0 Å². The lowest BCUT2D eigenvalue weighted by Crippen LogP contribution is -2.34. The minimum absolute atomic E-state index is 0.0612. The van der Waals surface area contributed by atoms with Gasteiger partial charge in [-0.1, -0.05) is 47.5 Å². The minimum atomic E-state index is -0.0612. The molecule has 1 heterocycles. The first-order chi connectivity index (χ1) is 11.0. The minimum Gasteiger partial charge on any atom is -0.317 e. The molecular weight excluding hydrogens is 308 g/mol. The summed E-state index contributed by atoms with van der Waals surface area (Å²) in [6.45, 7) is 4.81. The number of rotatable bonds is 2. The van der Waals surface area contributed by atoms with Crippen LogP contribution < -0.4 is 5.32 Å². The zero-order valence-corrected chi connectivity index (χ0v) is 14.2. The molecule has 0 unspecified atom stereocenters. The maximum absolute atomic E-state index is 12.7. The molecule has 1 atom stereocenters. The second kappa shape index (κ2) is 6.63. The van der Waals surface area contributed by atoms with Gasteiger partial charge < -0.3 is 10.2 Å². The highest BCUT2D eigenvalue weighted by Crippen LogP contribution is 2.33. The summed E-state index contributed by atoms with van der Waals surface area (Å²) >= 11 is 6.13. The van der Waals surface area contributed by atoms with E-state index in [9.17, 15) is 4.79 Å². The van der Waals surface area contributed by atoms with Crippen LogP contribution in [0.4, 0.5) is 10.5 Å². The Kier molecular flexibility index (Phi) is 4.58. The fraction of sp³-hybridized carbons (Fsp3) is 0.316. The van der Waals surface area contributed by atoms with E-state index in [0.29, 0.717) is 5.02 Å². The highest BCUT2D eigenvalue weighted by Gasteiger charge is 2.30. The summed E-state index contributed by atoms with van der Waals surface area (Å²) in [5, 5.41) is 3.63. The van der Waals surface area contributed by atoms with E-state index in [4.69, 9.17) is 11.6 Å². The summed E-state index contributed by atoms with van der Waals surface area (Å²) in [6, 6.07) is 14.1. The third-order valence-electron chi connectivity index (χ3n) is 4.36. The molecule has 1 aliphatic heterocycles. The molecule has 0 saturated carbocycles. The van der Waals surface area contributed by atoms with Crippen molar-refractivity contribution in [1.29, 1.82) is 0 Å². The molecule has 1 fully saturated rings. The van der Waals surface area contributed by atoms with Crippen LogP contribution in [0.1, 0.15) is 35.6 Å². The Balaban J connectivity index is 1.76. The average Bonchev–Trinajstić information content (AvgIpc) is 3.00. The lowest BCUT2D eigenvalue weighted by molar-refractivity contribution is 0.207. The Morgan fingerprint density at radius 3 is 2.78 bits per heavy atom. The van der Waals surface area contributed by atoms with E-state index < -0.39 is 0 Å². The zero-order chi connectivity index (χ0) is 16.4. The standard InChI is InChI=1S/C19H21ClN2O/c1-13-5-3-6-15(11-13)18-7-4-10-22(18)19(23)21-16-9-8-14(2)17(20)12-16/h3,5-6,8-9,11-12,18H,4,7,10H2,1-2H3,(H,21,23)/t18-/m0/s1. The molecule has 4 heteroatoms. The molecule has 0 aromatic heterocycles. The van der Waals surface area contributed by atoms with E-state index in [-0.39, 0.29) is 12.1 Å². The SMILES string of the molecule is Cc1cccc([C@@H]2CCCN2C(=O)Nc2ccc(C)c(Cl)c2)c1. The van der Waals surface area contributed by atoms with Crippen LogP contribution in [0.2, 0.25) is 5.02 Å². The normalized spacial score (nSPS) is 17.3. The Labute approximate surface area is 142 Å². The summed E-state index contributed by atoms with van der Waals surface area (Å²) in [7, 11) is 0. The lowest BCUT2D eigenvalue weighted by Gasteiger charge is -2.25. The third kappa shape index (κ3) is 3.50. The molecule has 2 amide bonds. The number of urea groups is 1. The first-order valence-corrected chi connectivity index (χ1v) is 8.33. The van der Waals surface area contributed by atoms with Crippen LogP contribution in [0.25, 0.3) is 0 Å². The number of hydrogen-bond donors (Lipinski definition) is 1. The van der Waals surface area contributed by atoms with E-state index >= 15 is 0 Å². The van der Waals surface area contributed by atoms with Crippen molar-refractivity contribution in [1.82, 2.24) is 4.90 Å². The maximum atomic E-state index is 12.7. The van der Waals surface area contributed by atoms with Crippen molar-refractivity contribution in [3.05, 3.63) is 64.2 Å². The molecule has 0 aliphatic carbocycles. The number of carbonyl (C=O) groups is 1. The molecule has 1 aliphatic rings. The van der Waals surface area contributed by atoms with Gasteiger partial charge in [0.15, 0.2) is 0 Å². The molecule has 3 nitrogen and oxygen atoms in total. The quantitative estimate of drug-likeness (QED) is 0.794. The Morgan fingerprint density at radius 2 is 2.04 bits per heavy atom. The largest absolute Gasteiger partial charge is 0.322 e. The van der Waals surface area contributed by atoms with Crippen LogP contribution >= 0.6 is 11.6 Å². The van der Waals surface area contributed by atoms with Gasteiger partial charge in [-0.3, -0.25) is 0 Å². The average molecular weight is 329 g/mol. The fourth-order valence-electron chi connectivity index (χ4n) is 3.10. The predicted molar refractivity (Wildman–Crippen MR) is 95.1 cm³/mol. The first-order valence-electron chi connectivity index (χ1n) is 7.95. The van der Waals surface area contributed by atoms with Crippen LogP contribution in [0, 0.1) is 13.8 Å². The van der Waals surface area contributed by atoms with Crippen LogP contribution in [-0.4, -0.2) is 17.5 Å². The monoisotopic (exact) mass is 328 g/mol. The van der Waals surface area contributed by atoms with Gasteiger partial charge in [0.25, 0.3) is 0 Å². The van der Waals surface area contributed by atoms with Crippen molar-refractivity contribution >= 4 is 23.3 Å². The molecule has 2 aromatic carbocycles. The van der Waals surface area contributed by atoms with Crippen molar-refractivity contribution in [3.63, 3.8) is 0 Å². The van der Waals surface area contributed by atoms with Gasteiger partial charge in [-0.05, 0) is 49.9 Å². The topological polar surface area (TPSA) is 32.3 Å². The molecule has 0 radical (unpaired) electrons. The van der Waals surface area contributed by atoms with Crippen molar-refractivity contribution < 1.29 is 4.79 Å². The fourth-order valence-corrected chi connectivity index (χ4v) is 3.28. The smallest absolute Gasteiger partial charge is 0.317 e. The molecular formula is C19H21ClN2O. The predicted octanol–water partition coefficient (Wildman–Crippen LogP) is 5.33. The van der Waals surface area contributed by atoms with Gasteiger partial charge >= 0.3 is 6.03 Å². The Bertz CT molecular complexity index is 729. The third-order valence-corrected chi connectivity index (χ3v) is 4.77. The Hall–Kier alpha value is -2.00. The Morgan fingerprint density at radius 1 is 1.22 bits per heavy atom. The molecule has 1 saturated heterocycles. The number of amides is 2. The summed E-state index contributed by atoms with van der Waals surface area (Å²) in [6.07, 6.45) is 2.03. The van der Waals surface area contributed by atoms with Crippen LogP contribution in [0.5, 0.6) is 0 Å². The number of nitrogens with one attached hydrogen (secondary N) is 1. The molecule has 3 rings (SSSR count). The molecule has 120 valence electrons. The van der Waals surface area contributed by atoms with E-state index in [1.165, 1.54) is 11.1 Å². The van der Waals surface area contributed by atoms with Crippen molar-refractivity contribution in [3.8, 4) is 0 Å². The van der Waals surface area contributed by atoms with Gasteiger partial charge in [-0.15, -0.1) is 0 Å². The summed E-state index contributed by atoms with van der Waals surface area (Å²) in [5.41, 5.74) is 4.17. The number of likely N-dealkylation sites (tertiary alicyclic amines) is 1. The maximum Gasteiger partial charge on any atom is 0.322 e. The highest BCUT2D eigenvalue weighted by atomic mass is 35.5. The zero-order valence-electron chi connectivity index (χ0n) is 13.5. The number of hydrogen-bond acceptors (Lipinski definition) is 1. The van der Waals surface area contributed by atoms with Gasteiger partial charge in [0.1, 0.15) is 0 Å². The summed E-state index contributed by atoms with van der Waals surface area (Å²) in [5.74, 6) is 0. The number of carbonyl (C=O) groups excluding carboxylic acids is 1. The number of nitrogens with zero attached hydrogens (tertiary/aromatic N) is 1. The van der Waals surface area contributed by atoms with Crippen molar-refractivity contribution in [2.75, 3.05) is 11.9 Å². The van der Waals surface area contributed by atoms with E-state index in [2.05, 4.69) is 36.5 Å². The van der Waals surface area contributed by atoms with Gasteiger partial charge in [0, 0.05) is 17.3 Å². The van der Waals surface area contributed by atoms with Gasteiger partial charge in [-0.25, -0.2) is 4.79 Å². The van der Waals surface area contributed by atoms with Gasteiger partial charge in [-0.2, -0.15) is 0 Å². The molecule has 23 heavy (non-hydrogen) atoms. The van der Waals surface area contributed by atoms with Crippen molar-refractivity contribution in [2.45, 2.75) is 32.7 Å². The second-order valence-electron chi connectivity index (χ2n) is 6.16. The summed E-state index contributed by atoms with van der Waals surface area (Å²) in [4.78, 5) is 14.6. The lowest BCUT2D eigenvalue weighted by atomic mass is 10.0. The van der Waals surface area contributed by atoms with Crippen molar-refractivity contribution in [2.24, 2.45) is 0 Å². The van der Waals surface area contributed by atoms with E-state index in [0.717, 1.165) is 30.6 Å².